The zero-order valence-corrected chi connectivity index (χ0v) is 8.88. The van der Waals surface area contributed by atoms with Gasteiger partial charge < -0.3 is 10.6 Å². The van der Waals surface area contributed by atoms with E-state index in [2.05, 4.69) is 17.6 Å². The zero-order valence-electron chi connectivity index (χ0n) is 8.88. The summed E-state index contributed by atoms with van der Waals surface area (Å²) < 4.78 is 0. The van der Waals surface area contributed by atoms with Crippen LogP contribution in [0.5, 0.6) is 0 Å². The lowest BCUT2D eigenvalue weighted by Crippen LogP contribution is -2.41. The van der Waals surface area contributed by atoms with Gasteiger partial charge in [-0.05, 0) is 18.8 Å². The number of hydrogen-bond acceptors (Lipinski definition) is 2. The molecule has 0 aromatic carbocycles. The van der Waals surface area contributed by atoms with Gasteiger partial charge in [0.15, 0.2) is 0 Å². The fourth-order valence-corrected chi connectivity index (χ4v) is 2.77. The molecule has 1 aliphatic heterocycles. The van der Waals surface area contributed by atoms with Crippen LogP contribution in [0, 0.1) is 5.92 Å². The maximum Gasteiger partial charge on any atom is 0.221 e. The molecule has 0 spiro atoms. The summed E-state index contributed by atoms with van der Waals surface area (Å²) in [7, 11) is 0. The first-order chi connectivity index (χ1) is 6.79. The third-order valence-corrected chi connectivity index (χ3v) is 3.61. The Morgan fingerprint density at radius 3 is 3.00 bits per heavy atom. The number of nitrogens with one attached hydrogen (secondary N) is 2. The Morgan fingerprint density at radius 1 is 1.50 bits per heavy atom. The van der Waals surface area contributed by atoms with E-state index >= 15 is 0 Å². The molecule has 3 heteroatoms. The van der Waals surface area contributed by atoms with Crippen LogP contribution in [0.4, 0.5) is 0 Å². The molecular weight excluding hydrogens is 176 g/mol. The van der Waals surface area contributed by atoms with E-state index in [-0.39, 0.29) is 5.91 Å². The van der Waals surface area contributed by atoms with Crippen molar-refractivity contribution in [3.63, 3.8) is 0 Å². The topological polar surface area (TPSA) is 41.1 Å². The van der Waals surface area contributed by atoms with Crippen LogP contribution in [-0.2, 0) is 4.79 Å². The van der Waals surface area contributed by atoms with Gasteiger partial charge in [0, 0.05) is 25.0 Å². The molecule has 1 heterocycles. The van der Waals surface area contributed by atoms with Crippen molar-refractivity contribution in [1.29, 1.82) is 0 Å². The van der Waals surface area contributed by atoms with Crippen LogP contribution in [0.25, 0.3) is 0 Å². The number of amides is 1. The van der Waals surface area contributed by atoms with Gasteiger partial charge in [0.1, 0.15) is 0 Å². The highest BCUT2D eigenvalue weighted by atomic mass is 16.1. The molecule has 0 radical (unpaired) electrons. The molecule has 1 saturated carbocycles. The monoisotopic (exact) mass is 196 g/mol. The van der Waals surface area contributed by atoms with Crippen LogP contribution < -0.4 is 10.6 Å². The second-order valence-electron chi connectivity index (χ2n) is 4.58. The molecule has 1 aliphatic carbocycles. The molecule has 3 nitrogen and oxygen atoms in total. The number of hydrogen-bond donors (Lipinski definition) is 2. The molecule has 1 amide bonds. The van der Waals surface area contributed by atoms with Gasteiger partial charge in [0.2, 0.25) is 5.91 Å². The summed E-state index contributed by atoms with van der Waals surface area (Å²) >= 11 is 0. The van der Waals surface area contributed by atoms with Crippen LogP contribution >= 0.6 is 0 Å². The third kappa shape index (κ3) is 2.08. The van der Waals surface area contributed by atoms with E-state index in [1.807, 2.05) is 0 Å². The van der Waals surface area contributed by atoms with E-state index in [9.17, 15) is 4.79 Å². The fourth-order valence-electron chi connectivity index (χ4n) is 2.77. The number of rotatable bonds is 3. The minimum Gasteiger partial charge on any atom is -0.354 e. The lowest BCUT2D eigenvalue weighted by molar-refractivity contribution is -0.119. The molecule has 3 unspecified atom stereocenters. The maximum atomic E-state index is 11.0. The first kappa shape index (κ1) is 9.97. The van der Waals surface area contributed by atoms with Crippen molar-refractivity contribution in [2.45, 2.75) is 51.1 Å². The normalized spacial score (nSPS) is 37.5. The number of carbonyl (C=O) groups is 1. The zero-order chi connectivity index (χ0) is 9.97. The summed E-state index contributed by atoms with van der Waals surface area (Å²) in [6.45, 7) is 3.09. The van der Waals surface area contributed by atoms with E-state index in [4.69, 9.17) is 0 Å². The Morgan fingerprint density at radius 2 is 2.36 bits per heavy atom. The van der Waals surface area contributed by atoms with Crippen LogP contribution in [0.2, 0.25) is 0 Å². The smallest absolute Gasteiger partial charge is 0.221 e. The van der Waals surface area contributed by atoms with Gasteiger partial charge in [-0.25, -0.2) is 0 Å². The summed E-state index contributed by atoms with van der Waals surface area (Å²) in [5.41, 5.74) is 0. The summed E-state index contributed by atoms with van der Waals surface area (Å²) in [6.07, 6.45) is 5.95. The summed E-state index contributed by atoms with van der Waals surface area (Å²) in [5.74, 6) is 1.04. The standard InChI is InChI=1S/C11H20N2O/c1-2-8-4-3-5-10(8)13-9-6-11(14)12-7-9/h8-10,13H,2-7H2,1H3,(H,12,14). The lowest BCUT2D eigenvalue weighted by atomic mass is 10.00. The van der Waals surface area contributed by atoms with Gasteiger partial charge in [0.25, 0.3) is 0 Å². The minimum atomic E-state index is 0.202. The molecule has 2 N–H and O–H groups in total. The Hall–Kier alpha value is -0.570. The molecule has 3 atom stereocenters. The van der Waals surface area contributed by atoms with Crippen LogP contribution in [-0.4, -0.2) is 24.5 Å². The molecule has 2 rings (SSSR count). The van der Waals surface area contributed by atoms with E-state index in [0.717, 1.165) is 12.5 Å². The first-order valence-electron chi connectivity index (χ1n) is 5.82. The van der Waals surface area contributed by atoms with E-state index < -0.39 is 0 Å². The molecule has 80 valence electrons. The average Bonchev–Trinajstić information content (AvgIpc) is 2.76. The molecule has 0 aromatic rings. The Kier molecular flexibility index (Phi) is 3.06. The van der Waals surface area contributed by atoms with Crippen LogP contribution in [0.3, 0.4) is 0 Å². The van der Waals surface area contributed by atoms with Crippen molar-refractivity contribution in [2.75, 3.05) is 6.54 Å². The minimum absolute atomic E-state index is 0.202. The van der Waals surface area contributed by atoms with Crippen molar-refractivity contribution in [3.05, 3.63) is 0 Å². The highest BCUT2D eigenvalue weighted by Gasteiger charge is 2.30. The quantitative estimate of drug-likeness (QED) is 0.708. The molecule has 14 heavy (non-hydrogen) atoms. The van der Waals surface area contributed by atoms with Crippen molar-refractivity contribution < 1.29 is 4.79 Å². The van der Waals surface area contributed by atoms with Crippen LogP contribution in [0.15, 0.2) is 0 Å². The van der Waals surface area contributed by atoms with Gasteiger partial charge >= 0.3 is 0 Å². The fraction of sp³-hybridized carbons (Fsp3) is 0.909. The number of carbonyl (C=O) groups excluding carboxylic acids is 1. The lowest BCUT2D eigenvalue weighted by Gasteiger charge is -2.22. The van der Waals surface area contributed by atoms with Gasteiger partial charge in [-0.15, -0.1) is 0 Å². The summed E-state index contributed by atoms with van der Waals surface area (Å²) in [6, 6.07) is 1.05. The molecule has 1 saturated heterocycles. The van der Waals surface area contributed by atoms with Crippen molar-refractivity contribution in [3.8, 4) is 0 Å². The second kappa shape index (κ2) is 4.30. The Labute approximate surface area is 85.6 Å². The van der Waals surface area contributed by atoms with Gasteiger partial charge in [-0.3, -0.25) is 4.79 Å². The second-order valence-corrected chi connectivity index (χ2v) is 4.58. The van der Waals surface area contributed by atoms with Gasteiger partial charge in [-0.2, -0.15) is 0 Å². The van der Waals surface area contributed by atoms with E-state index in [1.54, 1.807) is 0 Å². The SMILES string of the molecule is CCC1CCCC1NC1CNC(=O)C1. The van der Waals surface area contributed by atoms with E-state index in [1.165, 1.54) is 25.7 Å². The van der Waals surface area contributed by atoms with Crippen molar-refractivity contribution >= 4 is 5.91 Å². The Bertz CT molecular complexity index is 217. The van der Waals surface area contributed by atoms with Gasteiger partial charge in [-0.1, -0.05) is 19.8 Å². The van der Waals surface area contributed by atoms with Gasteiger partial charge in [0.05, 0.1) is 0 Å². The molecule has 0 bridgehead atoms. The van der Waals surface area contributed by atoms with Crippen molar-refractivity contribution in [2.24, 2.45) is 5.92 Å². The summed E-state index contributed by atoms with van der Waals surface area (Å²) in [4.78, 5) is 11.0. The predicted octanol–water partition coefficient (Wildman–Crippen LogP) is 1.04. The molecule has 0 aromatic heterocycles. The van der Waals surface area contributed by atoms with Crippen LogP contribution in [0.1, 0.15) is 39.0 Å². The molecule has 2 fully saturated rings. The first-order valence-corrected chi connectivity index (χ1v) is 5.82. The highest BCUT2D eigenvalue weighted by Crippen LogP contribution is 2.28. The van der Waals surface area contributed by atoms with E-state index in [0.29, 0.717) is 18.5 Å². The average molecular weight is 196 g/mol. The highest BCUT2D eigenvalue weighted by molar-refractivity contribution is 5.78. The predicted molar refractivity (Wildman–Crippen MR) is 56.0 cm³/mol. The van der Waals surface area contributed by atoms with Crippen molar-refractivity contribution in [1.82, 2.24) is 10.6 Å². The molecular formula is C11H20N2O. The third-order valence-electron chi connectivity index (χ3n) is 3.61. The Balaban J connectivity index is 1.81. The maximum absolute atomic E-state index is 11.0. The summed E-state index contributed by atoms with van der Waals surface area (Å²) in [5, 5.41) is 6.50. The largest absolute Gasteiger partial charge is 0.354 e. The molecule has 2 aliphatic rings.